The lowest BCUT2D eigenvalue weighted by Crippen LogP contribution is -2.09. The molecule has 6 aromatic carbocycles. The fraction of sp³-hybridized carbons (Fsp3) is 0. The molecule has 0 fully saturated rings. The number of rotatable bonds is 7. The molecule has 1 nitrogen and oxygen atoms in total. The SMILES string of the molecule is C(=C/c1ccc(N(c2ccc(-c3ccccc3)cc2)c2ccc(-c3ccccc3)cc2)cc1)/c1ccccc1. The van der Waals surface area contributed by atoms with Gasteiger partial charge >= 0.3 is 0 Å². The van der Waals surface area contributed by atoms with E-state index in [-0.39, 0.29) is 0 Å². The Morgan fingerprint density at radius 1 is 0.282 bits per heavy atom. The van der Waals surface area contributed by atoms with E-state index in [0.717, 1.165) is 17.1 Å². The summed E-state index contributed by atoms with van der Waals surface area (Å²) in [5.74, 6) is 0. The first-order chi connectivity index (χ1) is 19.3. The lowest BCUT2D eigenvalue weighted by molar-refractivity contribution is 1.28. The van der Waals surface area contributed by atoms with Crippen LogP contribution in [0.2, 0.25) is 0 Å². The van der Waals surface area contributed by atoms with E-state index in [1.54, 1.807) is 0 Å². The van der Waals surface area contributed by atoms with Gasteiger partial charge in [0.15, 0.2) is 0 Å². The van der Waals surface area contributed by atoms with Gasteiger partial charge < -0.3 is 4.90 Å². The van der Waals surface area contributed by atoms with E-state index in [2.05, 4.69) is 175 Å². The molecule has 0 aromatic heterocycles. The molecule has 0 atom stereocenters. The van der Waals surface area contributed by atoms with Crippen LogP contribution in [0.5, 0.6) is 0 Å². The van der Waals surface area contributed by atoms with Gasteiger partial charge in [0.2, 0.25) is 0 Å². The first-order valence-corrected chi connectivity index (χ1v) is 13.3. The van der Waals surface area contributed by atoms with E-state index in [1.165, 1.54) is 33.4 Å². The number of nitrogens with zero attached hydrogens (tertiary/aromatic N) is 1. The number of hydrogen-bond donors (Lipinski definition) is 0. The summed E-state index contributed by atoms with van der Waals surface area (Å²) < 4.78 is 0. The molecule has 0 amide bonds. The molecule has 6 aromatic rings. The summed E-state index contributed by atoms with van der Waals surface area (Å²) in [6.07, 6.45) is 4.31. The standard InChI is InChI=1S/C38H29N/c1-4-10-30(11-5-1)16-17-31-18-24-36(25-19-31)39(37-26-20-34(21-27-37)32-12-6-2-7-13-32)38-28-22-35(23-29-38)33-14-8-3-9-15-33/h1-29H/b17-16-. The maximum atomic E-state index is 2.31. The van der Waals surface area contributed by atoms with E-state index in [1.807, 2.05) is 6.07 Å². The Hall–Kier alpha value is -5.14. The lowest BCUT2D eigenvalue weighted by atomic mass is 10.0. The van der Waals surface area contributed by atoms with Crippen molar-refractivity contribution in [3.63, 3.8) is 0 Å². The van der Waals surface area contributed by atoms with Crippen molar-refractivity contribution in [1.82, 2.24) is 0 Å². The van der Waals surface area contributed by atoms with Crippen LogP contribution in [0.15, 0.2) is 164 Å². The summed E-state index contributed by atoms with van der Waals surface area (Å²) >= 11 is 0. The van der Waals surface area contributed by atoms with Crippen LogP contribution in [0.1, 0.15) is 11.1 Å². The van der Waals surface area contributed by atoms with Crippen molar-refractivity contribution in [1.29, 1.82) is 0 Å². The van der Waals surface area contributed by atoms with Crippen molar-refractivity contribution in [2.75, 3.05) is 4.90 Å². The van der Waals surface area contributed by atoms with E-state index in [9.17, 15) is 0 Å². The van der Waals surface area contributed by atoms with Crippen LogP contribution in [0.25, 0.3) is 34.4 Å². The number of hydrogen-bond acceptors (Lipinski definition) is 1. The van der Waals surface area contributed by atoms with Crippen LogP contribution < -0.4 is 4.90 Å². The van der Waals surface area contributed by atoms with Gasteiger partial charge in [0.05, 0.1) is 0 Å². The molecule has 0 heterocycles. The van der Waals surface area contributed by atoms with Crippen molar-refractivity contribution >= 4 is 29.2 Å². The fourth-order valence-electron chi connectivity index (χ4n) is 4.81. The van der Waals surface area contributed by atoms with Crippen LogP contribution >= 0.6 is 0 Å². The molecular formula is C38H29N. The van der Waals surface area contributed by atoms with Crippen molar-refractivity contribution < 1.29 is 0 Å². The molecule has 0 saturated heterocycles. The second-order valence-corrected chi connectivity index (χ2v) is 9.50. The summed E-state index contributed by atoms with van der Waals surface area (Å²) in [5, 5.41) is 0. The Labute approximate surface area is 231 Å². The Balaban J connectivity index is 1.34. The molecule has 0 unspecified atom stereocenters. The minimum atomic E-state index is 1.12. The largest absolute Gasteiger partial charge is 0.311 e. The first kappa shape index (κ1) is 24.2. The minimum Gasteiger partial charge on any atom is -0.311 e. The van der Waals surface area contributed by atoms with Crippen LogP contribution in [-0.2, 0) is 0 Å². The quantitative estimate of drug-likeness (QED) is 0.197. The summed E-state index contributed by atoms with van der Waals surface area (Å²) in [7, 11) is 0. The number of benzene rings is 6. The molecule has 0 aliphatic carbocycles. The zero-order valence-corrected chi connectivity index (χ0v) is 21.7. The summed E-state index contributed by atoms with van der Waals surface area (Å²) in [6.45, 7) is 0. The lowest BCUT2D eigenvalue weighted by Gasteiger charge is -2.26. The summed E-state index contributed by atoms with van der Waals surface area (Å²) in [5.41, 5.74) is 10.6. The molecule has 1 heteroatoms. The molecular weight excluding hydrogens is 470 g/mol. The van der Waals surface area contributed by atoms with Gasteiger partial charge in [0.25, 0.3) is 0 Å². The van der Waals surface area contributed by atoms with Crippen LogP contribution in [-0.4, -0.2) is 0 Å². The second-order valence-electron chi connectivity index (χ2n) is 9.50. The zero-order chi connectivity index (χ0) is 26.3. The summed E-state index contributed by atoms with van der Waals surface area (Å²) in [6, 6.07) is 57.8. The van der Waals surface area contributed by atoms with E-state index in [0.29, 0.717) is 0 Å². The Bertz CT molecular complexity index is 1550. The van der Waals surface area contributed by atoms with Gasteiger partial charge in [-0.25, -0.2) is 0 Å². The van der Waals surface area contributed by atoms with Gasteiger partial charge in [-0.05, 0) is 69.8 Å². The molecule has 0 bridgehead atoms. The topological polar surface area (TPSA) is 3.24 Å². The molecule has 0 radical (unpaired) electrons. The van der Waals surface area contributed by atoms with Crippen LogP contribution in [0.4, 0.5) is 17.1 Å². The minimum absolute atomic E-state index is 1.12. The third kappa shape index (κ3) is 5.74. The highest BCUT2D eigenvalue weighted by Gasteiger charge is 2.13. The zero-order valence-electron chi connectivity index (χ0n) is 21.7. The predicted molar refractivity (Wildman–Crippen MR) is 167 cm³/mol. The highest BCUT2D eigenvalue weighted by Crippen LogP contribution is 2.36. The average molecular weight is 500 g/mol. The van der Waals surface area contributed by atoms with Crippen molar-refractivity contribution in [2.24, 2.45) is 0 Å². The van der Waals surface area contributed by atoms with Gasteiger partial charge in [0, 0.05) is 17.1 Å². The van der Waals surface area contributed by atoms with Crippen LogP contribution in [0, 0.1) is 0 Å². The van der Waals surface area contributed by atoms with Gasteiger partial charge in [-0.15, -0.1) is 0 Å². The normalized spacial score (nSPS) is 11.0. The smallest absolute Gasteiger partial charge is 0.0462 e. The van der Waals surface area contributed by atoms with Crippen molar-refractivity contribution in [2.45, 2.75) is 0 Å². The maximum absolute atomic E-state index is 2.31. The second kappa shape index (κ2) is 11.5. The Kier molecular flexibility index (Phi) is 7.14. The molecule has 0 N–H and O–H groups in total. The van der Waals surface area contributed by atoms with E-state index >= 15 is 0 Å². The van der Waals surface area contributed by atoms with Gasteiger partial charge in [0.1, 0.15) is 0 Å². The third-order valence-corrected chi connectivity index (χ3v) is 6.88. The maximum Gasteiger partial charge on any atom is 0.0462 e. The molecule has 0 aliphatic rings. The molecule has 0 spiro atoms. The molecule has 0 aliphatic heterocycles. The average Bonchev–Trinajstić information content (AvgIpc) is 3.03. The van der Waals surface area contributed by atoms with Gasteiger partial charge in [-0.1, -0.05) is 140 Å². The monoisotopic (exact) mass is 499 g/mol. The highest BCUT2D eigenvalue weighted by atomic mass is 15.1. The van der Waals surface area contributed by atoms with E-state index in [4.69, 9.17) is 0 Å². The molecule has 0 saturated carbocycles. The van der Waals surface area contributed by atoms with Gasteiger partial charge in [-0.3, -0.25) is 0 Å². The third-order valence-electron chi connectivity index (χ3n) is 6.88. The van der Waals surface area contributed by atoms with Crippen molar-refractivity contribution in [3.8, 4) is 22.3 Å². The fourth-order valence-corrected chi connectivity index (χ4v) is 4.81. The summed E-state index contributed by atoms with van der Waals surface area (Å²) in [4.78, 5) is 2.31. The highest BCUT2D eigenvalue weighted by molar-refractivity contribution is 5.80. The Morgan fingerprint density at radius 3 is 1.00 bits per heavy atom. The molecule has 6 rings (SSSR count). The first-order valence-electron chi connectivity index (χ1n) is 13.3. The molecule has 39 heavy (non-hydrogen) atoms. The Morgan fingerprint density at radius 2 is 0.590 bits per heavy atom. The van der Waals surface area contributed by atoms with Gasteiger partial charge in [-0.2, -0.15) is 0 Å². The molecule has 186 valence electrons. The predicted octanol–water partition coefficient (Wildman–Crippen LogP) is 10.7. The van der Waals surface area contributed by atoms with E-state index < -0.39 is 0 Å². The number of anilines is 3. The van der Waals surface area contributed by atoms with Crippen molar-refractivity contribution in [3.05, 3.63) is 175 Å². The van der Waals surface area contributed by atoms with Crippen LogP contribution in [0.3, 0.4) is 0 Å².